The Morgan fingerprint density at radius 3 is 2.38 bits per heavy atom. The Bertz CT molecular complexity index is 722. The van der Waals surface area contributed by atoms with Crippen molar-refractivity contribution in [2.75, 3.05) is 10.5 Å². The summed E-state index contributed by atoms with van der Waals surface area (Å²) in [5, 5.41) is 0. The standard InChI is InChI=1S/C16H20N2O2S/c1-3-4-13-6-9-15(10-7-13)18-21(19,20)16-11-14(17)8-5-12(16)2/h5-11,18H,3-4,17H2,1-2H3. The molecular formula is C16H20N2O2S. The molecule has 3 N–H and O–H groups in total. The Hall–Kier alpha value is -2.01. The second kappa shape index (κ2) is 6.18. The number of anilines is 2. The summed E-state index contributed by atoms with van der Waals surface area (Å²) in [6.07, 6.45) is 2.05. The first kappa shape index (κ1) is 15.4. The van der Waals surface area contributed by atoms with Gasteiger partial charge in [0, 0.05) is 11.4 Å². The normalized spacial score (nSPS) is 11.3. The average Bonchev–Trinajstić information content (AvgIpc) is 2.43. The predicted molar refractivity (Wildman–Crippen MR) is 86.8 cm³/mol. The second-order valence-electron chi connectivity index (χ2n) is 5.08. The zero-order valence-electron chi connectivity index (χ0n) is 12.3. The van der Waals surface area contributed by atoms with E-state index >= 15 is 0 Å². The first-order valence-corrected chi connectivity index (χ1v) is 8.38. The first-order chi connectivity index (χ1) is 9.92. The van der Waals surface area contributed by atoms with E-state index in [0.29, 0.717) is 16.9 Å². The number of nitrogens with one attached hydrogen (secondary N) is 1. The molecule has 2 aromatic carbocycles. The van der Waals surface area contributed by atoms with Crippen molar-refractivity contribution >= 4 is 21.4 Å². The Kier molecular flexibility index (Phi) is 4.53. The van der Waals surface area contributed by atoms with E-state index in [1.165, 1.54) is 11.6 Å². The van der Waals surface area contributed by atoms with Crippen LogP contribution in [0.4, 0.5) is 11.4 Å². The van der Waals surface area contributed by atoms with Gasteiger partial charge in [-0.05, 0) is 48.7 Å². The Morgan fingerprint density at radius 1 is 1.10 bits per heavy atom. The fraction of sp³-hybridized carbons (Fsp3) is 0.250. The predicted octanol–water partition coefficient (Wildman–Crippen LogP) is 3.33. The fourth-order valence-electron chi connectivity index (χ4n) is 2.14. The maximum absolute atomic E-state index is 12.4. The zero-order chi connectivity index (χ0) is 15.5. The minimum atomic E-state index is -3.62. The van der Waals surface area contributed by atoms with E-state index in [1.54, 1.807) is 31.2 Å². The van der Waals surface area contributed by atoms with Gasteiger partial charge < -0.3 is 5.73 Å². The Balaban J connectivity index is 2.26. The molecule has 0 fully saturated rings. The summed E-state index contributed by atoms with van der Waals surface area (Å²) in [6, 6.07) is 12.3. The highest BCUT2D eigenvalue weighted by Gasteiger charge is 2.17. The quantitative estimate of drug-likeness (QED) is 0.832. The van der Waals surface area contributed by atoms with Crippen LogP contribution in [0.2, 0.25) is 0 Å². The highest BCUT2D eigenvalue weighted by Crippen LogP contribution is 2.22. The van der Waals surface area contributed by atoms with Gasteiger partial charge in [0.1, 0.15) is 0 Å². The highest BCUT2D eigenvalue weighted by atomic mass is 32.2. The van der Waals surface area contributed by atoms with Crippen molar-refractivity contribution in [3.05, 3.63) is 53.6 Å². The second-order valence-corrected chi connectivity index (χ2v) is 6.73. The number of rotatable bonds is 5. The molecule has 0 spiro atoms. The van der Waals surface area contributed by atoms with Gasteiger partial charge in [-0.25, -0.2) is 8.42 Å². The minimum absolute atomic E-state index is 0.208. The first-order valence-electron chi connectivity index (χ1n) is 6.90. The molecule has 0 heterocycles. The minimum Gasteiger partial charge on any atom is -0.399 e. The van der Waals surface area contributed by atoms with Crippen LogP contribution in [0, 0.1) is 6.92 Å². The van der Waals surface area contributed by atoms with Gasteiger partial charge >= 0.3 is 0 Å². The topological polar surface area (TPSA) is 72.2 Å². The summed E-state index contributed by atoms with van der Waals surface area (Å²) in [6.45, 7) is 3.86. The van der Waals surface area contributed by atoms with Crippen LogP contribution >= 0.6 is 0 Å². The molecule has 0 aliphatic rings. The van der Waals surface area contributed by atoms with Crippen LogP contribution in [-0.2, 0) is 16.4 Å². The molecule has 2 aromatic rings. The molecule has 4 nitrogen and oxygen atoms in total. The van der Waals surface area contributed by atoms with E-state index < -0.39 is 10.0 Å². The zero-order valence-corrected chi connectivity index (χ0v) is 13.1. The summed E-state index contributed by atoms with van der Waals surface area (Å²) in [5.74, 6) is 0. The fourth-order valence-corrected chi connectivity index (χ4v) is 3.48. The molecule has 0 aromatic heterocycles. The van der Waals surface area contributed by atoms with Gasteiger partial charge in [0.15, 0.2) is 0 Å². The van der Waals surface area contributed by atoms with Crippen LogP contribution in [0.1, 0.15) is 24.5 Å². The number of nitrogen functional groups attached to an aromatic ring is 1. The van der Waals surface area contributed by atoms with Gasteiger partial charge in [0.25, 0.3) is 10.0 Å². The summed E-state index contributed by atoms with van der Waals surface area (Å²) < 4.78 is 27.4. The summed E-state index contributed by atoms with van der Waals surface area (Å²) in [5.41, 5.74) is 8.52. The van der Waals surface area contributed by atoms with Gasteiger partial charge in [-0.2, -0.15) is 0 Å². The highest BCUT2D eigenvalue weighted by molar-refractivity contribution is 7.92. The van der Waals surface area contributed by atoms with Gasteiger partial charge in [-0.1, -0.05) is 31.5 Å². The molecule has 0 bridgehead atoms. The van der Waals surface area contributed by atoms with Crippen LogP contribution in [0.15, 0.2) is 47.4 Å². The Labute approximate surface area is 126 Å². The largest absolute Gasteiger partial charge is 0.399 e. The molecule has 112 valence electrons. The molecule has 0 atom stereocenters. The monoisotopic (exact) mass is 304 g/mol. The summed E-state index contributed by atoms with van der Waals surface area (Å²) in [7, 11) is -3.62. The molecule has 0 saturated heterocycles. The third-order valence-corrected chi connectivity index (χ3v) is 4.77. The lowest BCUT2D eigenvalue weighted by atomic mass is 10.1. The van der Waals surface area contributed by atoms with Crippen LogP contribution in [0.25, 0.3) is 0 Å². The van der Waals surface area contributed by atoms with Gasteiger partial charge in [0.2, 0.25) is 0 Å². The number of nitrogens with two attached hydrogens (primary N) is 1. The number of aryl methyl sites for hydroxylation is 2. The molecule has 2 rings (SSSR count). The van der Waals surface area contributed by atoms with Crippen LogP contribution in [0.3, 0.4) is 0 Å². The lowest BCUT2D eigenvalue weighted by Crippen LogP contribution is -2.14. The lowest BCUT2D eigenvalue weighted by Gasteiger charge is -2.11. The third kappa shape index (κ3) is 3.76. The summed E-state index contributed by atoms with van der Waals surface area (Å²) >= 11 is 0. The molecule has 0 aliphatic carbocycles. The molecule has 5 heteroatoms. The number of sulfonamides is 1. The number of hydrogen-bond acceptors (Lipinski definition) is 3. The van der Waals surface area contributed by atoms with E-state index in [0.717, 1.165) is 12.8 Å². The van der Waals surface area contributed by atoms with Crippen molar-refractivity contribution in [2.24, 2.45) is 0 Å². The van der Waals surface area contributed by atoms with Crippen molar-refractivity contribution < 1.29 is 8.42 Å². The van der Waals surface area contributed by atoms with Crippen LogP contribution in [0.5, 0.6) is 0 Å². The molecular weight excluding hydrogens is 284 g/mol. The molecule has 0 amide bonds. The summed E-state index contributed by atoms with van der Waals surface area (Å²) in [4.78, 5) is 0.208. The Morgan fingerprint density at radius 2 is 1.76 bits per heavy atom. The van der Waals surface area contributed by atoms with Gasteiger partial charge in [-0.15, -0.1) is 0 Å². The smallest absolute Gasteiger partial charge is 0.262 e. The maximum atomic E-state index is 12.4. The lowest BCUT2D eigenvalue weighted by molar-refractivity contribution is 0.600. The van der Waals surface area contributed by atoms with Crippen molar-refractivity contribution in [1.29, 1.82) is 0 Å². The van der Waals surface area contributed by atoms with Gasteiger partial charge in [-0.3, -0.25) is 4.72 Å². The molecule has 0 aliphatic heterocycles. The average molecular weight is 304 g/mol. The molecule has 0 unspecified atom stereocenters. The number of benzene rings is 2. The van der Waals surface area contributed by atoms with Gasteiger partial charge in [0.05, 0.1) is 4.90 Å². The molecule has 0 saturated carbocycles. The maximum Gasteiger partial charge on any atom is 0.262 e. The van der Waals surface area contributed by atoms with E-state index in [9.17, 15) is 8.42 Å². The van der Waals surface area contributed by atoms with Crippen molar-refractivity contribution in [2.45, 2.75) is 31.6 Å². The van der Waals surface area contributed by atoms with E-state index in [2.05, 4.69) is 11.6 Å². The number of hydrogen-bond donors (Lipinski definition) is 2. The van der Waals surface area contributed by atoms with Crippen LogP contribution in [-0.4, -0.2) is 8.42 Å². The van der Waals surface area contributed by atoms with E-state index in [1.807, 2.05) is 12.1 Å². The third-order valence-electron chi connectivity index (χ3n) is 3.25. The van der Waals surface area contributed by atoms with Crippen LogP contribution < -0.4 is 10.5 Å². The van der Waals surface area contributed by atoms with E-state index in [-0.39, 0.29) is 4.90 Å². The van der Waals surface area contributed by atoms with E-state index in [4.69, 9.17) is 5.73 Å². The molecule has 21 heavy (non-hydrogen) atoms. The molecule has 0 radical (unpaired) electrons. The van der Waals surface area contributed by atoms with Crippen molar-refractivity contribution in [1.82, 2.24) is 0 Å². The SMILES string of the molecule is CCCc1ccc(NS(=O)(=O)c2cc(N)ccc2C)cc1. The van der Waals surface area contributed by atoms with Crippen molar-refractivity contribution in [3.8, 4) is 0 Å². The van der Waals surface area contributed by atoms with Crippen molar-refractivity contribution in [3.63, 3.8) is 0 Å².